The number of rotatable bonds is 5. The Morgan fingerprint density at radius 3 is 2.33 bits per heavy atom. The average molecular weight is 294 g/mol. The quantitative estimate of drug-likeness (QED) is 0.788. The normalized spacial score (nSPS) is 11.0. The maximum atomic E-state index is 12.4. The number of alkyl halides is 3. The first-order valence-electron chi connectivity index (χ1n) is 6.17. The molecule has 2 rings (SSSR count). The van der Waals surface area contributed by atoms with Crippen LogP contribution in [0.1, 0.15) is 11.1 Å². The molecule has 0 unspecified atom stereocenters. The van der Waals surface area contributed by atoms with Gasteiger partial charge in [-0.3, -0.25) is 0 Å². The molecule has 2 nitrogen and oxygen atoms in total. The average Bonchev–Trinajstić information content (AvgIpc) is 2.45. The third kappa shape index (κ3) is 4.56. The molecule has 0 aromatic heterocycles. The lowest BCUT2D eigenvalue weighted by atomic mass is 10.2. The van der Waals surface area contributed by atoms with E-state index in [0.29, 0.717) is 5.56 Å². The number of halogens is 3. The Hall–Kier alpha value is -2.43. The molecule has 5 heteroatoms. The number of benzene rings is 2. The van der Waals surface area contributed by atoms with E-state index in [9.17, 15) is 13.2 Å². The molecule has 2 aromatic carbocycles. The van der Waals surface area contributed by atoms with Crippen molar-refractivity contribution in [3.63, 3.8) is 0 Å². The number of ether oxygens (including phenoxy) is 2. The van der Waals surface area contributed by atoms with Crippen LogP contribution in [-0.4, -0.2) is 6.36 Å². The van der Waals surface area contributed by atoms with Crippen molar-refractivity contribution in [3.05, 3.63) is 66.2 Å². The Kier molecular flexibility index (Phi) is 4.52. The molecule has 0 saturated carbocycles. The Bertz CT molecular complexity index is 607. The van der Waals surface area contributed by atoms with Gasteiger partial charge in [0.2, 0.25) is 0 Å². The van der Waals surface area contributed by atoms with Crippen molar-refractivity contribution in [2.24, 2.45) is 0 Å². The van der Waals surface area contributed by atoms with Gasteiger partial charge in [-0.15, -0.1) is 13.2 Å². The largest absolute Gasteiger partial charge is 0.573 e. The molecule has 0 radical (unpaired) electrons. The Morgan fingerprint density at radius 2 is 1.71 bits per heavy atom. The van der Waals surface area contributed by atoms with Gasteiger partial charge in [0.1, 0.15) is 6.61 Å². The molecule has 0 atom stereocenters. The Morgan fingerprint density at radius 1 is 1.00 bits per heavy atom. The summed E-state index contributed by atoms with van der Waals surface area (Å²) >= 11 is 0. The summed E-state index contributed by atoms with van der Waals surface area (Å²) < 4.78 is 46.7. The van der Waals surface area contributed by atoms with Crippen LogP contribution in [0.2, 0.25) is 0 Å². The molecule has 0 spiro atoms. The summed E-state index contributed by atoms with van der Waals surface area (Å²) in [6.45, 7) is 3.67. The lowest BCUT2D eigenvalue weighted by Gasteiger charge is -2.14. The minimum absolute atomic E-state index is 0.0294. The van der Waals surface area contributed by atoms with Gasteiger partial charge < -0.3 is 9.47 Å². The van der Waals surface area contributed by atoms with Gasteiger partial charge in [-0.25, -0.2) is 0 Å². The lowest BCUT2D eigenvalue weighted by Crippen LogP contribution is -2.17. The maximum absolute atomic E-state index is 12.4. The van der Waals surface area contributed by atoms with Crippen molar-refractivity contribution < 1.29 is 22.6 Å². The van der Waals surface area contributed by atoms with Crippen molar-refractivity contribution in [1.29, 1.82) is 0 Å². The molecular formula is C16H13F3O2. The predicted octanol–water partition coefficient (Wildman–Crippen LogP) is 4.81. The van der Waals surface area contributed by atoms with Gasteiger partial charge in [0, 0.05) is 0 Å². The minimum atomic E-state index is -4.77. The molecule has 0 amide bonds. The van der Waals surface area contributed by atoms with Crippen LogP contribution >= 0.6 is 0 Å². The van der Waals surface area contributed by atoms with Gasteiger partial charge in [0.05, 0.1) is 0 Å². The second-order valence-corrected chi connectivity index (χ2v) is 4.23. The van der Waals surface area contributed by atoms with Crippen LogP contribution in [0.25, 0.3) is 6.08 Å². The zero-order chi connectivity index (χ0) is 15.3. The highest BCUT2D eigenvalue weighted by Gasteiger charge is 2.32. The van der Waals surface area contributed by atoms with Crippen molar-refractivity contribution in [2.75, 3.05) is 0 Å². The highest BCUT2D eigenvalue weighted by atomic mass is 19.4. The van der Waals surface area contributed by atoms with E-state index in [1.54, 1.807) is 6.07 Å². The van der Waals surface area contributed by atoms with E-state index in [4.69, 9.17) is 4.74 Å². The van der Waals surface area contributed by atoms with Crippen LogP contribution in [0, 0.1) is 0 Å². The molecule has 21 heavy (non-hydrogen) atoms. The minimum Gasteiger partial charge on any atom is -0.485 e. The predicted molar refractivity (Wildman–Crippen MR) is 74.0 cm³/mol. The smallest absolute Gasteiger partial charge is 0.485 e. The van der Waals surface area contributed by atoms with Crippen LogP contribution in [0.5, 0.6) is 11.5 Å². The van der Waals surface area contributed by atoms with Crippen LogP contribution in [0.3, 0.4) is 0 Å². The van der Waals surface area contributed by atoms with Gasteiger partial charge in [0.25, 0.3) is 0 Å². The standard InChI is InChI=1S/C16H13F3O2/c1-2-12-8-9-14(15(10-12)21-16(17,18)19)20-11-13-6-4-3-5-7-13/h2-10H,1,11H2. The summed E-state index contributed by atoms with van der Waals surface area (Å²) in [6.07, 6.45) is -3.34. The van der Waals surface area contributed by atoms with E-state index in [2.05, 4.69) is 11.3 Å². The molecule has 0 fully saturated rings. The molecular weight excluding hydrogens is 281 g/mol. The fourth-order valence-corrected chi connectivity index (χ4v) is 1.71. The van der Waals surface area contributed by atoms with Crippen LogP contribution in [0.15, 0.2) is 55.1 Å². The highest BCUT2D eigenvalue weighted by Crippen LogP contribution is 2.33. The third-order valence-electron chi connectivity index (χ3n) is 2.67. The van der Waals surface area contributed by atoms with Crippen molar-refractivity contribution >= 4 is 6.08 Å². The number of hydrogen-bond acceptors (Lipinski definition) is 2. The van der Waals surface area contributed by atoms with E-state index >= 15 is 0 Å². The molecule has 2 aromatic rings. The first-order chi connectivity index (χ1) is 9.98. The summed E-state index contributed by atoms with van der Waals surface area (Å²) in [5.74, 6) is -0.349. The monoisotopic (exact) mass is 294 g/mol. The first kappa shape index (κ1) is 15.0. The highest BCUT2D eigenvalue weighted by molar-refractivity contribution is 5.54. The molecule has 0 bridgehead atoms. The number of hydrogen-bond donors (Lipinski definition) is 0. The maximum Gasteiger partial charge on any atom is 0.573 e. The molecule has 0 saturated heterocycles. The van der Waals surface area contributed by atoms with Crippen molar-refractivity contribution in [1.82, 2.24) is 0 Å². The summed E-state index contributed by atoms with van der Waals surface area (Å²) in [6, 6.07) is 13.4. The van der Waals surface area contributed by atoms with Gasteiger partial charge in [0.15, 0.2) is 11.5 Å². The zero-order valence-electron chi connectivity index (χ0n) is 11.1. The Balaban J connectivity index is 2.19. The van der Waals surface area contributed by atoms with E-state index in [1.165, 1.54) is 18.2 Å². The third-order valence-corrected chi connectivity index (χ3v) is 2.67. The fourth-order valence-electron chi connectivity index (χ4n) is 1.71. The van der Waals surface area contributed by atoms with Crippen LogP contribution in [0.4, 0.5) is 13.2 Å². The molecule has 110 valence electrons. The van der Waals surface area contributed by atoms with E-state index in [0.717, 1.165) is 5.56 Å². The Labute approximate surface area is 120 Å². The zero-order valence-corrected chi connectivity index (χ0v) is 11.1. The molecule has 0 aliphatic carbocycles. The van der Waals surface area contributed by atoms with Gasteiger partial charge in [-0.2, -0.15) is 0 Å². The molecule has 0 heterocycles. The van der Waals surface area contributed by atoms with Crippen molar-refractivity contribution in [2.45, 2.75) is 13.0 Å². The lowest BCUT2D eigenvalue weighted by molar-refractivity contribution is -0.275. The summed E-state index contributed by atoms with van der Waals surface area (Å²) in [4.78, 5) is 0. The summed E-state index contributed by atoms with van der Waals surface area (Å²) in [5.41, 5.74) is 1.37. The molecule has 0 aliphatic rings. The van der Waals surface area contributed by atoms with E-state index in [1.807, 2.05) is 30.3 Å². The van der Waals surface area contributed by atoms with Crippen LogP contribution < -0.4 is 9.47 Å². The van der Waals surface area contributed by atoms with E-state index in [-0.39, 0.29) is 18.1 Å². The van der Waals surface area contributed by atoms with Crippen LogP contribution in [-0.2, 0) is 6.61 Å². The first-order valence-corrected chi connectivity index (χ1v) is 6.17. The molecule has 0 N–H and O–H groups in total. The molecule has 0 aliphatic heterocycles. The topological polar surface area (TPSA) is 18.5 Å². The van der Waals surface area contributed by atoms with Gasteiger partial charge in [-0.1, -0.05) is 49.1 Å². The summed E-state index contributed by atoms with van der Waals surface area (Å²) in [5, 5.41) is 0. The summed E-state index contributed by atoms with van der Waals surface area (Å²) in [7, 11) is 0. The second-order valence-electron chi connectivity index (χ2n) is 4.23. The fraction of sp³-hybridized carbons (Fsp3) is 0.125. The van der Waals surface area contributed by atoms with Gasteiger partial charge in [-0.05, 0) is 23.3 Å². The van der Waals surface area contributed by atoms with Crippen molar-refractivity contribution in [3.8, 4) is 11.5 Å². The SMILES string of the molecule is C=Cc1ccc(OCc2ccccc2)c(OC(F)(F)F)c1. The van der Waals surface area contributed by atoms with E-state index < -0.39 is 6.36 Å². The van der Waals surface area contributed by atoms with Gasteiger partial charge >= 0.3 is 6.36 Å². The second kappa shape index (κ2) is 6.35.